The molecule has 0 saturated carbocycles. The number of nitrogens with two attached hydrogens (primary N) is 1. The molecule has 3 rings (SSSR count). The molecule has 2 unspecified atom stereocenters. The summed E-state index contributed by atoms with van der Waals surface area (Å²) in [7, 11) is 0. The van der Waals surface area contributed by atoms with Gasteiger partial charge in [-0.1, -0.05) is 24.4 Å². The minimum Gasteiger partial charge on any atom is -0.389 e. The van der Waals surface area contributed by atoms with Crippen LogP contribution in [0, 0.1) is 0 Å². The molecule has 1 saturated heterocycles. The third kappa shape index (κ3) is 2.51. The summed E-state index contributed by atoms with van der Waals surface area (Å²) in [6, 6.07) is 8.23. The van der Waals surface area contributed by atoms with Gasteiger partial charge in [-0.25, -0.2) is 0 Å². The Morgan fingerprint density at radius 3 is 2.95 bits per heavy atom. The lowest BCUT2D eigenvalue weighted by Crippen LogP contribution is -2.16. The fourth-order valence-electron chi connectivity index (χ4n) is 2.74. The molecule has 2 atom stereocenters. The van der Waals surface area contributed by atoms with E-state index < -0.39 is 0 Å². The van der Waals surface area contributed by atoms with Gasteiger partial charge in [0.05, 0.1) is 12.2 Å². The van der Waals surface area contributed by atoms with Gasteiger partial charge in [0.2, 0.25) is 0 Å². The minimum atomic E-state index is 0.319. The highest BCUT2D eigenvalue weighted by Crippen LogP contribution is 2.23. The number of nitrogens with zero attached hydrogens (tertiary/aromatic N) is 1. The van der Waals surface area contributed by atoms with Gasteiger partial charge in [-0.05, 0) is 37.3 Å². The summed E-state index contributed by atoms with van der Waals surface area (Å²) >= 11 is 5.04. The van der Waals surface area contributed by atoms with Crippen molar-refractivity contribution >= 4 is 28.1 Å². The average Bonchev–Trinajstić information content (AvgIpc) is 2.96. The van der Waals surface area contributed by atoms with Gasteiger partial charge in [-0.3, -0.25) is 0 Å². The molecule has 1 aromatic heterocycles. The fourth-order valence-corrected chi connectivity index (χ4v) is 2.86. The zero-order valence-electron chi connectivity index (χ0n) is 11.0. The van der Waals surface area contributed by atoms with Crippen LogP contribution in [0.15, 0.2) is 30.5 Å². The van der Waals surface area contributed by atoms with Gasteiger partial charge < -0.3 is 15.0 Å². The standard InChI is InChI=1S/C15H18N2OS/c1-10-2-5-13(18-10)9-17-7-6-11-3-4-12(15(16)19)8-14(11)17/h3-4,6-8,10,13H,2,5,9H2,1H3,(H2,16,19). The Kier molecular flexibility index (Phi) is 3.29. The maximum Gasteiger partial charge on any atom is 0.104 e. The van der Waals surface area contributed by atoms with Gasteiger partial charge >= 0.3 is 0 Å². The van der Waals surface area contributed by atoms with Crippen molar-refractivity contribution in [2.24, 2.45) is 5.73 Å². The lowest BCUT2D eigenvalue weighted by molar-refractivity contribution is 0.0465. The molecule has 0 radical (unpaired) electrons. The number of hydrogen-bond acceptors (Lipinski definition) is 2. The van der Waals surface area contributed by atoms with Crippen molar-refractivity contribution in [2.45, 2.75) is 38.5 Å². The predicted octanol–water partition coefficient (Wildman–Crippen LogP) is 2.84. The van der Waals surface area contributed by atoms with Crippen LogP contribution in [-0.2, 0) is 11.3 Å². The molecule has 1 aliphatic heterocycles. The minimum absolute atomic E-state index is 0.319. The molecule has 1 aromatic carbocycles. The third-order valence-corrected chi connectivity index (χ3v) is 4.01. The van der Waals surface area contributed by atoms with Gasteiger partial charge in [0.1, 0.15) is 4.99 Å². The van der Waals surface area contributed by atoms with Crippen LogP contribution in [-0.4, -0.2) is 21.8 Å². The van der Waals surface area contributed by atoms with Crippen molar-refractivity contribution in [3.63, 3.8) is 0 Å². The van der Waals surface area contributed by atoms with E-state index >= 15 is 0 Å². The summed E-state index contributed by atoms with van der Waals surface area (Å²) in [5.74, 6) is 0. The van der Waals surface area contributed by atoms with E-state index in [1.54, 1.807) is 0 Å². The second-order valence-electron chi connectivity index (χ2n) is 5.25. The normalized spacial score (nSPS) is 23.0. The fraction of sp³-hybridized carbons (Fsp3) is 0.400. The van der Waals surface area contributed by atoms with Crippen LogP contribution >= 0.6 is 12.2 Å². The molecule has 19 heavy (non-hydrogen) atoms. The number of fused-ring (bicyclic) bond motifs is 1. The number of benzene rings is 1. The van der Waals surface area contributed by atoms with Crippen LogP contribution in [0.5, 0.6) is 0 Å². The summed E-state index contributed by atoms with van der Waals surface area (Å²) in [5.41, 5.74) is 7.80. The summed E-state index contributed by atoms with van der Waals surface area (Å²) in [6.45, 7) is 3.04. The molecule has 2 N–H and O–H groups in total. The lowest BCUT2D eigenvalue weighted by atomic mass is 10.1. The zero-order chi connectivity index (χ0) is 13.4. The number of hydrogen-bond donors (Lipinski definition) is 1. The van der Waals surface area contributed by atoms with Crippen molar-refractivity contribution in [1.82, 2.24) is 4.57 Å². The van der Waals surface area contributed by atoms with Crippen molar-refractivity contribution in [2.75, 3.05) is 0 Å². The van der Waals surface area contributed by atoms with E-state index in [0.29, 0.717) is 17.2 Å². The van der Waals surface area contributed by atoms with Gasteiger partial charge in [-0.2, -0.15) is 0 Å². The van der Waals surface area contributed by atoms with E-state index in [1.165, 1.54) is 10.9 Å². The van der Waals surface area contributed by atoms with Gasteiger partial charge in [0.15, 0.2) is 0 Å². The largest absolute Gasteiger partial charge is 0.389 e. The molecule has 0 aliphatic carbocycles. The van der Waals surface area contributed by atoms with Crippen LogP contribution in [0.25, 0.3) is 10.9 Å². The van der Waals surface area contributed by atoms with Gasteiger partial charge in [0.25, 0.3) is 0 Å². The summed E-state index contributed by atoms with van der Waals surface area (Å²) in [6.07, 6.45) is 5.11. The van der Waals surface area contributed by atoms with Crippen molar-refractivity contribution in [3.8, 4) is 0 Å². The highest BCUT2D eigenvalue weighted by atomic mass is 32.1. The molecular weight excluding hydrogens is 256 g/mol. The Bertz CT molecular complexity index is 620. The maximum atomic E-state index is 5.89. The van der Waals surface area contributed by atoms with Gasteiger partial charge in [-0.15, -0.1) is 0 Å². The topological polar surface area (TPSA) is 40.2 Å². The van der Waals surface area contributed by atoms with E-state index in [4.69, 9.17) is 22.7 Å². The Morgan fingerprint density at radius 2 is 2.26 bits per heavy atom. The number of aromatic nitrogens is 1. The first-order valence-corrected chi connectivity index (χ1v) is 7.08. The van der Waals surface area contributed by atoms with Crippen LogP contribution in [0.4, 0.5) is 0 Å². The third-order valence-electron chi connectivity index (χ3n) is 3.78. The second-order valence-corrected chi connectivity index (χ2v) is 5.69. The highest BCUT2D eigenvalue weighted by molar-refractivity contribution is 7.80. The Morgan fingerprint density at radius 1 is 1.42 bits per heavy atom. The predicted molar refractivity (Wildman–Crippen MR) is 81.4 cm³/mol. The molecule has 0 spiro atoms. The van der Waals surface area contributed by atoms with E-state index in [1.807, 2.05) is 6.07 Å². The first-order chi connectivity index (χ1) is 9.13. The van der Waals surface area contributed by atoms with Crippen molar-refractivity contribution < 1.29 is 4.74 Å². The van der Waals surface area contributed by atoms with Crippen LogP contribution in [0.1, 0.15) is 25.3 Å². The maximum absolute atomic E-state index is 5.89. The Hall–Kier alpha value is -1.39. The van der Waals surface area contributed by atoms with Crippen LogP contribution in [0.2, 0.25) is 0 Å². The smallest absolute Gasteiger partial charge is 0.104 e. The van der Waals surface area contributed by atoms with Crippen LogP contribution in [0.3, 0.4) is 0 Å². The summed E-state index contributed by atoms with van der Waals surface area (Å²) in [5, 5.41) is 1.21. The zero-order valence-corrected chi connectivity index (χ0v) is 11.8. The molecule has 1 fully saturated rings. The number of rotatable bonds is 3. The number of ether oxygens (including phenoxy) is 1. The molecule has 0 bridgehead atoms. The monoisotopic (exact) mass is 274 g/mol. The lowest BCUT2D eigenvalue weighted by Gasteiger charge is -2.13. The average molecular weight is 274 g/mol. The molecule has 4 heteroatoms. The van der Waals surface area contributed by atoms with E-state index in [-0.39, 0.29) is 0 Å². The quantitative estimate of drug-likeness (QED) is 0.875. The molecule has 2 heterocycles. The molecule has 2 aromatic rings. The summed E-state index contributed by atoms with van der Waals surface area (Å²) in [4.78, 5) is 0.445. The SMILES string of the molecule is CC1CCC(Cn2ccc3ccc(C(N)=S)cc32)O1. The molecule has 3 nitrogen and oxygen atoms in total. The van der Waals surface area contributed by atoms with Crippen molar-refractivity contribution in [3.05, 3.63) is 36.0 Å². The molecule has 1 aliphatic rings. The first-order valence-electron chi connectivity index (χ1n) is 6.67. The van der Waals surface area contributed by atoms with Crippen LogP contribution < -0.4 is 5.73 Å². The van der Waals surface area contributed by atoms with E-state index in [0.717, 1.165) is 24.9 Å². The van der Waals surface area contributed by atoms with E-state index in [2.05, 4.69) is 35.9 Å². The van der Waals surface area contributed by atoms with Crippen molar-refractivity contribution in [1.29, 1.82) is 0 Å². The molecular formula is C15H18N2OS. The second kappa shape index (κ2) is 4.94. The number of thiocarbonyl (C=S) groups is 1. The van der Waals surface area contributed by atoms with Gasteiger partial charge in [0, 0.05) is 23.8 Å². The molecule has 100 valence electrons. The Balaban J connectivity index is 1.90. The molecule has 0 amide bonds. The summed E-state index contributed by atoms with van der Waals surface area (Å²) < 4.78 is 8.13. The highest BCUT2D eigenvalue weighted by Gasteiger charge is 2.22. The van der Waals surface area contributed by atoms with E-state index in [9.17, 15) is 0 Å². The Labute approximate surface area is 118 Å². The first kappa shape index (κ1) is 12.6.